The topological polar surface area (TPSA) is 29.5 Å². The van der Waals surface area contributed by atoms with Crippen LogP contribution < -0.4 is 0 Å². The second-order valence-electron chi connectivity index (χ2n) is 3.88. The van der Waals surface area contributed by atoms with Gasteiger partial charge in [-0.05, 0) is 19.1 Å². The monoisotopic (exact) mass is 226 g/mol. The molecule has 1 aliphatic rings. The third-order valence-corrected chi connectivity index (χ3v) is 2.66. The van der Waals surface area contributed by atoms with Gasteiger partial charge in [-0.2, -0.15) is 0 Å². The van der Waals surface area contributed by atoms with Crippen LogP contribution in [0.2, 0.25) is 0 Å². The van der Waals surface area contributed by atoms with Crippen LogP contribution >= 0.6 is 0 Å². The Bertz CT molecular complexity index is 439. The zero-order valence-corrected chi connectivity index (χ0v) is 8.84. The highest BCUT2D eigenvalue weighted by molar-refractivity contribution is 5.32. The molecule has 1 aliphatic heterocycles. The van der Waals surface area contributed by atoms with E-state index in [2.05, 4.69) is 0 Å². The SMILES string of the molecule is CC(O)(C1=CCCO1)c1cccc(F)c1F. The second-order valence-corrected chi connectivity index (χ2v) is 3.88. The first-order chi connectivity index (χ1) is 7.53. The molecule has 2 rings (SSSR count). The van der Waals surface area contributed by atoms with Crippen molar-refractivity contribution >= 4 is 0 Å². The third-order valence-electron chi connectivity index (χ3n) is 2.66. The lowest BCUT2D eigenvalue weighted by molar-refractivity contribution is 0.0283. The van der Waals surface area contributed by atoms with Gasteiger partial charge < -0.3 is 9.84 Å². The van der Waals surface area contributed by atoms with Crippen molar-refractivity contribution in [3.8, 4) is 0 Å². The zero-order valence-electron chi connectivity index (χ0n) is 8.84. The Morgan fingerprint density at radius 1 is 1.38 bits per heavy atom. The molecular weight excluding hydrogens is 214 g/mol. The first-order valence-electron chi connectivity index (χ1n) is 5.04. The Labute approximate surface area is 92.2 Å². The quantitative estimate of drug-likeness (QED) is 0.839. The minimum absolute atomic E-state index is 0.111. The number of hydrogen-bond acceptors (Lipinski definition) is 2. The van der Waals surface area contributed by atoms with Crippen LogP contribution in [-0.2, 0) is 10.3 Å². The summed E-state index contributed by atoms with van der Waals surface area (Å²) >= 11 is 0. The molecule has 1 N–H and O–H groups in total. The molecule has 0 bridgehead atoms. The van der Waals surface area contributed by atoms with Crippen molar-refractivity contribution in [3.63, 3.8) is 0 Å². The fourth-order valence-electron chi connectivity index (χ4n) is 1.77. The molecule has 1 atom stereocenters. The second kappa shape index (κ2) is 3.87. The van der Waals surface area contributed by atoms with Crippen LogP contribution in [0.1, 0.15) is 18.9 Å². The molecule has 0 aliphatic carbocycles. The maximum atomic E-state index is 13.5. The first kappa shape index (κ1) is 11.1. The summed E-state index contributed by atoms with van der Waals surface area (Å²) in [5.74, 6) is -1.74. The van der Waals surface area contributed by atoms with Crippen LogP contribution in [0.3, 0.4) is 0 Å². The van der Waals surface area contributed by atoms with Gasteiger partial charge in [0.2, 0.25) is 0 Å². The van der Waals surface area contributed by atoms with Gasteiger partial charge in [0.25, 0.3) is 0 Å². The van der Waals surface area contributed by atoms with E-state index >= 15 is 0 Å². The molecule has 0 spiro atoms. The zero-order chi connectivity index (χ0) is 11.8. The number of benzene rings is 1. The minimum atomic E-state index is -1.62. The first-order valence-corrected chi connectivity index (χ1v) is 5.04. The van der Waals surface area contributed by atoms with Crippen molar-refractivity contribution < 1.29 is 18.6 Å². The van der Waals surface area contributed by atoms with Crippen LogP contribution in [-0.4, -0.2) is 11.7 Å². The van der Waals surface area contributed by atoms with E-state index in [-0.39, 0.29) is 11.3 Å². The predicted molar refractivity (Wildman–Crippen MR) is 54.6 cm³/mol. The summed E-state index contributed by atoms with van der Waals surface area (Å²) in [7, 11) is 0. The Balaban J connectivity index is 2.46. The Hall–Kier alpha value is -1.42. The van der Waals surface area contributed by atoms with Crippen LogP contribution in [0.15, 0.2) is 30.0 Å². The lowest BCUT2D eigenvalue weighted by atomic mass is 9.93. The van der Waals surface area contributed by atoms with Crippen molar-refractivity contribution in [1.82, 2.24) is 0 Å². The molecule has 0 amide bonds. The van der Waals surface area contributed by atoms with E-state index in [1.165, 1.54) is 19.1 Å². The molecule has 1 heterocycles. The number of hydrogen-bond donors (Lipinski definition) is 1. The van der Waals surface area contributed by atoms with Crippen LogP contribution in [0.25, 0.3) is 0 Å². The average Bonchev–Trinajstić information content (AvgIpc) is 2.75. The molecule has 0 aromatic heterocycles. The molecule has 86 valence electrons. The molecule has 2 nitrogen and oxygen atoms in total. The van der Waals surface area contributed by atoms with Crippen LogP contribution in [0.4, 0.5) is 8.78 Å². The molecule has 1 aromatic carbocycles. The minimum Gasteiger partial charge on any atom is -0.495 e. The summed E-state index contributed by atoms with van der Waals surface area (Å²) in [5, 5.41) is 10.2. The largest absolute Gasteiger partial charge is 0.495 e. The van der Waals surface area contributed by atoms with Gasteiger partial charge in [0.1, 0.15) is 11.4 Å². The number of ether oxygens (including phenoxy) is 1. The summed E-state index contributed by atoms with van der Waals surface area (Å²) in [4.78, 5) is 0. The van der Waals surface area contributed by atoms with Crippen molar-refractivity contribution in [1.29, 1.82) is 0 Å². The summed E-state index contributed by atoms with van der Waals surface area (Å²) in [6, 6.07) is 3.72. The molecule has 1 unspecified atom stereocenters. The standard InChI is InChI=1S/C12H12F2O2/c1-12(15,10-6-3-7-16-10)8-4-2-5-9(13)11(8)14/h2,4-6,15H,3,7H2,1H3. The third kappa shape index (κ3) is 1.69. The van der Waals surface area contributed by atoms with E-state index in [1.807, 2.05) is 0 Å². The van der Waals surface area contributed by atoms with E-state index in [1.54, 1.807) is 6.08 Å². The van der Waals surface area contributed by atoms with E-state index in [9.17, 15) is 13.9 Å². The molecule has 0 fully saturated rings. The maximum Gasteiger partial charge on any atom is 0.165 e. The molecule has 16 heavy (non-hydrogen) atoms. The Morgan fingerprint density at radius 3 is 2.75 bits per heavy atom. The van der Waals surface area contributed by atoms with Gasteiger partial charge in [-0.1, -0.05) is 12.1 Å². The van der Waals surface area contributed by atoms with Gasteiger partial charge in [0.15, 0.2) is 11.6 Å². The van der Waals surface area contributed by atoms with Gasteiger partial charge >= 0.3 is 0 Å². The van der Waals surface area contributed by atoms with E-state index in [0.717, 1.165) is 6.07 Å². The lowest BCUT2D eigenvalue weighted by Gasteiger charge is -2.25. The van der Waals surface area contributed by atoms with E-state index in [4.69, 9.17) is 4.74 Å². The number of aliphatic hydroxyl groups is 1. The van der Waals surface area contributed by atoms with E-state index < -0.39 is 17.2 Å². The van der Waals surface area contributed by atoms with Crippen molar-refractivity contribution in [2.75, 3.05) is 6.61 Å². The van der Waals surface area contributed by atoms with Crippen LogP contribution in [0, 0.1) is 11.6 Å². The molecule has 1 aromatic rings. The number of rotatable bonds is 2. The smallest absolute Gasteiger partial charge is 0.165 e. The normalized spacial score (nSPS) is 18.9. The highest BCUT2D eigenvalue weighted by atomic mass is 19.2. The molecular formula is C12H12F2O2. The molecule has 0 saturated heterocycles. The van der Waals surface area contributed by atoms with Gasteiger partial charge in [-0.25, -0.2) is 8.78 Å². The highest BCUT2D eigenvalue weighted by Gasteiger charge is 2.34. The lowest BCUT2D eigenvalue weighted by Crippen LogP contribution is -2.26. The average molecular weight is 226 g/mol. The summed E-state index contributed by atoms with van der Waals surface area (Å²) < 4.78 is 31.8. The summed E-state index contributed by atoms with van der Waals surface area (Å²) in [6.45, 7) is 1.85. The predicted octanol–water partition coefficient (Wildman–Crippen LogP) is 2.48. The van der Waals surface area contributed by atoms with Crippen LogP contribution in [0.5, 0.6) is 0 Å². The molecule has 0 saturated carbocycles. The Kier molecular flexibility index (Phi) is 2.68. The van der Waals surface area contributed by atoms with Crippen molar-refractivity contribution in [2.45, 2.75) is 18.9 Å². The summed E-state index contributed by atoms with van der Waals surface area (Å²) in [5.41, 5.74) is -1.73. The fourth-order valence-corrected chi connectivity index (χ4v) is 1.77. The maximum absolute atomic E-state index is 13.5. The highest BCUT2D eigenvalue weighted by Crippen LogP contribution is 2.34. The van der Waals surface area contributed by atoms with Gasteiger partial charge in [-0.15, -0.1) is 0 Å². The van der Waals surface area contributed by atoms with E-state index in [0.29, 0.717) is 13.0 Å². The molecule has 4 heteroatoms. The van der Waals surface area contributed by atoms with Gasteiger partial charge in [0, 0.05) is 12.0 Å². The van der Waals surface area contributed by atoms with Crippen molar-refractivity contribution in [2.24, 2.45) is 0 Å². The molecule has 0 radical (unpaired) electrons. The van der Waals surface area contributed by atoms with Crippen molar-refractivity contribution in [3.05, 3.63) is 47.2 Å². The van der Waals surface area contributed by atoms with Gasteiger partial charge in [-0.3, -0.25) is 0 Å². The number of halogens is 2. The fraction of sp³-hybridized carbons (Fsp3) is 0.333. The Morgan fingerprint density at radius 2 is 2.12 bits per heavy atom. The summed E-state index contributed by atoms with van der Waals surface area (Å²) in [6.07, 6.45) is 2.35. The van der Waals surface area contributed by atoms with Gasteiger partial charge in [0.05, 0.1) is 6.61 Å².